The highest BCUT2D eigenvalue weighted by Gasteiger charge is 2.35. The van der Waals surface area contributed by atoms with Crippen LogP contribution in [0.3, 0.4) is 0 Å². The zero-order chi connectivity index (χ0) is 29.2. The number of halogens is 1. The van der Waals surface area contributed by atoms with Gasteiger partial charge in [-0.05, 0) is 82.9 Å². The molecular formula is C33H54ClN3O5. The Morgan fingerprint density at radius 3 is 2.31 bits per heavy atom. The Bertz CT molecular complexity index is 974. The fraction of sp³-hybridized carbons (Fsp3) is 0.758. The minimum Gasteiger partial charge on any atom is -0.493 e. The van der Waals surface area contributed by atoms with Crippen molar-refractivity contribution in [2.75, 3.05) is 40.5 Å². The Kier molecular flexibility index (Phi) is 14.2. The van der Waals surface area contributed by atoms with Crippen molar-refractivity contribution in [2.45, 2.75) is 115 Å². The molecule has 42 heavy (non-hydrogen) atoms. The molecule has 1 N–H and O–H groups in total. The Labute approximate surface area is 259 Å². The van der Waals surface area contributed by atoms with Gasteiger partial charge in [0, 0.05) is 69.4 Å². The number of hydrogen-bond donors (Lipinski definition) is 1. The van der Waals surface area contributed by atoms with Gasteiger partial charge in [0.25, 0.3) is 5.91 Å². The van der Waals surface area contributed by atoms with Gasteiger partial charge in [-0.15, -0.1) is 12.4 Å². The van der Waals surface area contributed by atoms with Crippen molar-refractivity contribution in [3.05, 3.63) is 23.8 Å². The summed E-state index contributed by atoms with van der Waals surface area (Å²) in [6, 6.07) is 6.49. The van der Waals surface area contributed by atoms with E-state index in [1.54, 1.807) is 20.3 Å². The fourth-order valence-electron chi connectivity index (χ4n) is 6.61. The van der Waals surface area contributed by atoms with Crippen LogP contribution in [0.5, 0.6) is 11.5 Å². The lowest BCUT2D eigenvalue weighted by atomic mass is 9.86. The standard InChI is InChI=1S/C33H53N3O5.ClH/c1-24(2)36(33(38)26-11-16-30(40-4)31(22-26)41-20-8-19-39-3)29-13-12-27(34-23-29)17-18-35(28-14-15-28)32(37)21-25-9-6-5-7-10-25;/h11,16,22,24-25,27-29,34H,5-10,12-15,17-21,23H2,1-4H3;1H/t27-,29-;/m1./s1. The third-order valence-electron chi connectivity index (χ3n) is 9.05. The maximum Gasteiger partial charge on any atom is 0.254 e. The van der Waals surface area contributed by atoms with Gasteiger partial charge >= 0.3 is 0 Å². The molecule has 1 aromatic carbocycles. The number of rotatable bonds is 15. The van der Waals surface area contributed by atoms with Gasteiger partial charge in [0.1, 0.15) is 0 Å². The van der Waals surface area contributed by atoms with Crippen LogP contribution in [-0.4, -0.2) is 86.3 Å². The molecule has 4 rings (SSSR count). The molecule has 0 unspecified atom stereocenters. The van der Waals surface area contributed by atoms with E-state index in [1.165, 1.54) is 32.1 Å². The number of nitrogens with one attached hydrogen (secondary N) is 1. The molecule has 1 saturated heterocycles. The number of nitrogens with zero attached hydrogens (tertiary/aromatic N) is 2. The molecule has 2 saturated carbocycles. The molecule has 1 aliphatic heterocycles. The third-order valence-corrected chi connectivity index (χ3v) is 9.05. The topological polar surface area (TPSA) is 80.3 Å². The minimum atomic E-state index is 0. The molecule has 238 valence electrons. The molecule has 2 atom stereocenters. The first kappa shape index (κ1) is 34.5. The SMILES string of the molecule is COCCCOc1cc(C(=O)N(C(C)C)[C@@H]2CC[C@H](CCN(C(=O)CC3CCCCC3)C3CC3)NC2)ccc1OC.Cl. The Morgan fingerprint density at radius 2 is 1.69 bits per heavy atom. The van der Waals surface area contributed by atoms with Crippen molar-refractivity contribution in [3.63, 3.8) is 0 Å². The minimum absolute atomic E-state index is 0. The van der Waals surface area contributed by atoms with Crippen LogP contribution in [0.25, 0.3) is 0 Å². The zero-order valence-corrected chi connectivity index (χ0v) is 27.1. The van der Waals surface area contributed by atoms with Crippen LogP contribution in [0.2, 0.25) is 0 Å². The second kappa shape index (κ2) is 17.3. The number of benzene rings is 1. The van der Waals surface area contributed by atoms with Crippen LogP contribution >= 0.6 is 12.4 Å². The van der Waals surface area contributed by atoms with Crippen molar-refractivity contribution < 1.29 is 23.8 Å². The summed E-state index contributed by atoms with van der Waals surface area (Å²) in [4.78, 5) is 31.2. The van der Waals surface area contributed by atoms with Crippen molar-refractivity contribution in [2.24, 2.45) is 5.92 Å². The van der Waals surface area contributed by atoms with Gasteiger partial charge in [-0.25, -0.2) is 0 Å². The quantitative estimate of drug-likeness (QED) is 0.252. The van der Waals surface area contributed by atoms with E-state index >= 15 is 0 Å². The molecule has 9 heteroatoms. The van der Waals surface area contributed by atoms with E-state index in [9.17, 15) is 9.59 Å². The van der Waals surface area contributed by atoms with Gasteiger partial charge in [0.2, 0.25) is 5.91 Å². The van der Waals surface area contributed by atoms with Gasteiger partial charge in [-0.3, -0.25) is 9.59 Å². The maximum atomic E-state index is 13.8. The molecule has 0 bridgehead atoms. The molecule has 0 spiro atoms. The van der Waals surface area contributed by atoms with Crippen molar-refractivity contribution in [1.29, 1.82) is 0 Å². The number of amides is 2. The monoisotopic (exact) mass is 607 g/mol. The highest BCUT2D eigenvalue weighted by molar-refractivity contribution is 5.95. The number of methoxy groups -OCH3 is 2. The summed E-state index contributed by atoms with van der Waals surface area (Å²) >= 11 is 0. The molecule has 2 amide bonds. The Balaban J connectivity index is 0.00000484. The van der Waals surface area contributed by atoms with Gasteiger partial charge in [-0.2, -0.15) is 0 Å². The third kappa shape index (κ3) is 9.75. The van der Waals surface area contributed by atoms with Crippen LogP contribution in [-0.2, 0) is 9.53 Å². The first-order chi connectivity index (χ1) is 19.9. The van der Waals surface area contributed by atoms with Crippen LogP contribution in [0, 0.1) is 5.92 Å². The first-order valence-corrected chi connectivity index (χ1v) is 16.1. The molecule has 2 aliphatic carbocycles. The van der Waals surface area contributed by atoms with E-state index in [2.05, 4.69) is 24.1 Å². The highest BCUT2D eigenvalue weighted by atomic mass is 35.5. The number of ether oxygens (including phenoxy) is 3. The van der Waals surface area contributed by atoms with E-state index in [4.69, 9.17) is 14.2 Å². The van der Waals surface area contributed by atoms with Gasteiger partial charge in [0.05, 0.1) is 13.7 Å². The summed E-state index contributed by atoms with van der Waals surface area (Å²) in [5.41, 5.74) is 0.611. The summed E-state index contributed by atoms with van der Waals surface area (Å²) in [6.45, 7) is 6.90. The summed E-state index contributed by atoms with van der Waals surface area (Å²) in [5, 5.41) is 3.73. The average Bonchev–Trinajstić information content (AvgIpc) is 3.82. The molecule has 1 aromatic rings. The second-order valence-electron chi connectivity index (χ2n) is 12.5. The van der Waals surface area contributed by atoms with E-state index in [-0.39, 0.29) is 30.4 Å². The average molecular weight is 608 g/mol. The molecule has 8 nitrogen and oxygen atoms in total. The number of piperidine rings is 1. The molecule has 0 aromatic heterocycles. The largest absolute Gasteiger partial charge is 0.493 e. The van der Waals surface area contributed by atoms with E-state index < -0.39 is 0 Å². The van der Waals surface area contributed by atoms with Crippen LogP contribution in [0.4, 0.5) is 0 Å². The molecule has 0 radical (unpaired) electrons. The zero-order valence-electron chi connectivity index (χ0n) is 26.3. The summed E-state index contributed by atoms with van der Waals surface area (Å²) < 4.78 is 16.5. The Morgan fingerprint density at radius 1 is 0.952 bits per heavy atom. The van der Waals surface area contributed by atoms with E-state index in [0.717, 1.165) is 58.0 Å². The lowest BCUT2D eigenvalue weighted by Crippen LogP contribution is -2.54. The summed E-state index contributed by atoms with van der Waals surface area (Å²) in [7, 11) is 3.28. The highest BCUT2D eigenvalue weighted by Crippen LogP contribution is 2.33. The van der Waals surface area contributed by atoms with Gasteiger partial charge < -0.3 is 29.3 Å². The number of carbonyl (C=O) groups is 2. The van der Waals surface area contributed by atoms with Crippen molar-refractivity contribution in [1.82, 2.24) is 15.1 Å². The summed E-state index contributed by atoms with van der Waals surface area (Å²) in [6.07, 6.45) is 13.1. The normalized spacial score (nSPS) is 21.0. The van der Waals surface area contributed by atoms with Crippen molar-refractivity contribution in [3.8, 4) is 11.5 Å². The predicted octanol–water partition coefficient (Wildman–Crippen LogP) is 5.86. The smallest absolute Gasteiger partial charge is 0.254 e. The molecular weight excluding hydrogens is 554 g/mol. The van der Waals surface area contributed by atoms with Crippen LogP contribution < -0.4 is 14.8 Å². The maximum absolute atomic E-state index is 13.8. The lowest BCUT2D eigenvalue weighted by Gasteiger charge is -2.40. The van der Waals surface area contributed by atoms with Gasteiger partial charge in [0.15, 0.2) is 11.5 Å². The second-order valence-corrected chi connectivity index (χ2v) is 12.5. The van der Waals surface area contributed by atoms with E-state index in [1.807, 2.05) is 17.0 Å². The van der Waals surface area contributed by atoms with E-state index in [0.29, 0.717) is 54.2 Å². The molecule has 3 fully saturated rings. The fourth-order valence-corrected chi connectivity index (χ4v) is 6.61. The predicted molar refractivity (Wildman–Crippen MR) is 169 cm³/mol. The first-order valence-electron chi connectivity index (χ1n) is 16.1. The number of hydrogen-bond acceptors (Lipinski definition) is 6. The molecule has 1 heterocycles. The number of carbonyl (C=O) groups excluding carboxylic acids is 2. The summed E-state index contributed by atoms with van der Waals surface area (Å²) in [5.74, 6) is 2.19. The lowest BCUT2D eigenvalue weighted by molar-refractivity contribution is -0.133. The van der Waals surface area contributed by atoms with Crippen LogP contribution in [0.1, 0.15) is 101 Å². The van der Waals surface area contributed by atoms with Crippen LogP contribution in [0.15, 0.2) is 18.2 Å². The van der Waals surface area contributed by atoms with Gasteiger partial charge in [-0.1, -0.05) is 19.3 Å². The Hall–Kier alpha value is -2.03. The molecule has 3 aliphatic rings. The van der Waals surface area contributed by atoms with Crippen molar-refractivity contribution >= 4 is 24.2 Å².